The maximum absolute atomic E-state index is 4.58. The van der Waals surface area contributed by atoms with Crippen molar-refractivity contribution in [3.63, 3.8) is 0 Å². The van der Waals surface area contributed by atoms with Crippen LogP contribution in [-0.4, -0.2) is 75.4 Å². The van der Waals surface area contributed by atoms with Gasteiger partial charge in [-0.05, 0) is 25.5 Å². The van der Waals surface area contributed by atoms with Crippen LogP contribution >= 0.6 is 0 Å². The molecule has 2 aromatic heterocycles. The van der Waals surface area contributed by atoms with E-state index in [4.69, 9.17) is 0 Å². The molecule has 1 aliphatic heterocycles. The molecule has 0 aliphatic carbocycles. The van der Waals surface area contributed by atoms with E-state index < -0.39 is 0 Å². The Balaban J connectivity index is 1.73. The van der Waals surface area contributed by atoms with Gasteiger partial charge >= 0.3 is 0 Å². The van der Waals surface area contributed by atoms with Gasteiger partial charge < -0.3 is 10.2 Å². The lowest BCUT2D eigenvalue weighted by molar-refractivity contribution is 0.114. The summed E-state index contributed by atoms with van der Waals surface area (Å²) in [4.78, 5) is 4.99. The molecule has 24 heavy (non-hydrogen) atoms. The molecule has 132 valence electrons. The van der Waals surface area contributed by atoms with Gasteiger partial charge in [0.15, 0.2) is 0 Å². The first-order valence-corrected chi connectivity index (χ1v) is 8.96. The van der Waals surface area contributed by atoms with Crippen molar-refractivity contribution >= 4 is 11.3 Å². The van der Waals surface area contributed by atoms with Crippen molar-refractivity contribution in [2.45, 2.75) is 39.2 Å². The van der Waals surface area contributed by atoms with Crippen LogP contribution in [0.4, 0.5) is 5.69 Å². The van der Waals surface area contributed by atoms with Crippen LogP contribution in [0.15, 0.2) is 12.4 Å². The average molecular weight is 331 g/mol. The lowest BCUT2D eigenvalue weighted by atomic mass is 10.1. The molecule has 1 N–H and O–H groups in total. The lowest BCUT2D eigenvalue weighted by Crippen LogP contribution is -2.50. The van der Waals surface area contributed by atoms with Crippen LogP contribution in [0.25, 0.3) is 5.65 Å². The van der Waals surface area contributed by atoms with Gasteiger partial charge in [-0.15, -0.1) is 10.2 Å². The van der Waals surface area contributed by atoms with Crippen molar-refractivity contribution in [3.05, 3.63) is 18.1 Å². The van der Waals surface area contributed by atoms with E-state index in [-0.39, 0.29) is 0 Å². The summed E-state index contributed by atoms with van der Waals surface area (Å²) in [6.07, 6.45) is 2.81. The maximum atomic E-state index is 4.58. The van der Waals surface area contributed by atoms with Gasteiger partial charge in [-0.1, -0.05) is 20.8 Å². The third-order valence-electron chi connectivity index (χ3n) is 4.93. The Bertz CT molecular complexity index is 658. The van der Waals surface area contributed by atoms with E-state index in [1.807, 2.05) is 0 Å². The van der Waals surface area contributed by atoms with Crippen molar-refractivity contribution in [2.75, 3.05) is 45.1 Å². The Kier molecular flexibility index (Phi) is 5.30. The van der Waals surface area contributed by atoms with E-state index in [1.54, 1.807) is 10.8 Å². The summed E-state index contributed by atoms with van der Waals surface area (Å²) < 4.78 is 1.77. The van der Waals surface area contributed by atoms with E-state index in [9.17, 15) is 0 Å². The standard InChI is InChI=1S/C17H29N7/c1-5-14(23-8-6-22(4)7-9-23)11-18-16-10-15(13(2)3)21-24-12-19-20-17(16)24/h10,12-14,18H,5-9,11H2,1-4H3. The molecular formula is C17H29N7. The molecule has 1 saturated heterocycles. The Morgan fingerprint density at radius 3 is 2.62 bits per heavy atom. The van der Waals surface area contributed by atoms with Crippen molar-refractivity contribution in [1.82, 2.24) is 29.6 Å². The van der Waals surface area contributed by atoms with E-state index in [2.05, 4.69) is 64.3 Å². The number of hydrogen-bond acceptors (Lipinski definition) is 6. The highest BCUT2D eigenvalue weighted by molar-refractivity contribution is 5.66. The summed E-state index contributed by atoms with van der Waals surface area (Å²) in [6.45, 7) is 12.1. The predicted molar refractivity (Wildman–Crippen MR) is 96.5 cm³/mol. The topological polar surface area (TPSA) is 61.6 Å². The highest BCUT2D eigenvalue weighted by Gasteiger charge is 2.21. The van der Waals surface area contributed by atoms with Gasteiger partial charge in [0.25, 0.3) is 0 Å². The van der Waals surface area contributed by atoms with Crippen LogP contribution in [0.1, 0.15) is 38.8 Å². The van der Waals surface area contributed by atoms with Gasteiger partial charge in [-0.2, -0.15) is 9.61 Å². The molecule has 0 spiro atoms. The molecule has 7 nitrogen and oxygen atoms in total. The molecule has 1 aliphatic rings. The fraction of sp³-hybridized carbons (Fsp3) is 0.706. The minimum absolute atomic E-state index is 0.372. The first kappa shape index (κ1) is 17.1. The van der Waals surface area contributed by atoms with Crippen molar-refractivity contribution in [2.24, 2.45) is 0 Å². The number of aromatic nitrogens is 4. The summed E-state index contributed by atoms with van der Waals surface area (Å²) in [5.74, 6) is 0.372. The van der Waals surface area contributed by atoms with Gasteiger partial charge in [0.1, 0.15) is 6.33 Å². The summed E-state index contributed by atoms with van der Waals surface area (Å²) >= 11 is 0. The number of anilines is 1. The van der Waals surface area contributed by atoms with Crippen LogP contribution in [0.3, 0.4) is 0 Å². The van der Waals surface area contributed by atoms with Crippen LogP contribution < -0.4 is 5.32 Å². The molecule has 3 rings (SSSR count). The number of nitrogens with zero attached hydrogens (tertiary/aromatic N) is 6. The van der Waals surface area contributed by atoms with Gasteiger partial charge in [0, 0.05) is 38.8 Å². The van der Waals surface area contributed by atoms with E-state index in [0.717, 1.165) is 56.2 Å². The molecule has 1 fully saturated rings. The molecular weight excluding hydrogens is 302 g/mol. The quantitative estimate of drug-likeness (QED) is 0.869. The number of fused-ring (bicyclic) bond motifs is 1. The van der Waals surface area contributed by atoms with Gasteiger partial charge in [-0.3, -0.25) is 4.90 Å². The normalized spacial score (nSPS) is 18.4. The first-order valence-electron chi connectivity index (χ1n) is 8.96. The molecule has 0 saturated carbocycles. The van der Waals surface area contributed by atoms with Crippen LogP contribution in [0.2, 0.25) is 0 Å². The van der Waals surface area contributed by atoms with E-state index >= 15 is 0 Å². The molecule has 1 unspecified atom stereocenters. The second-order valence-corrected chi connectivity index (χ2v) is 7.02. The Morgan fingerprint density at radius 1 is 1.21 bits per heavy atom. The number of hydrogen-bond donors (Lipinski definition) is 1. The SMILES string of the molecule is CCC(CNc1cc(C(C)C)nn2cnnc12)N1CCN(C)CC1. The van der Waals surface area contributed by atoms with Crippen LogP contribution in [0.5, 0.6) is 0 Å². The number of rotatable bonds is 6. The van der Waals surface area contributed by atoms with Crippen LogP contribution in [-0.2, 0) is 0 Å². The van der Waals surface area contributed by atoms with Gasteiger partial charge in [-0.25, -0.2) is 0 Å². The summed E-state index contributed by atoms with van der Waals surface area (Å²) in [5, 5.41) is 16.4. The molecule has 3 heterocycles. The molecule has 0 bridgehead atoms. The van der Waals surface area contributed by atoms with E-state index in [0.29, 0.717) is 12.0 Å². The molecule has 2 aromatic rings. The predicted octanol–water partition coefficient (Wildman–Crippen LogP) is 1.69. The minimum Gasteiger partial charge on any atom is -0.380 e. The molecule has 0 amide bonds. The van der Waals surface area contributed by atoms with Gasteiger partial charge in [0.05, 0.1) is 11.4 Å². The molecule has 1 atom stereocenters. The Hall–Kier alpha value is -1.73. The van der Waals surface area contributed by atoms with Crippen molar-refractivity contribution in [3.8, 4) is 0 Å². The zero-order valence-electron chi connectivity index (χ0n) is 15.2. The zero-order valence-corrected chi connectivity index (χ0v) is 15.2. The number of piperazine rings is 1. The van der Waals surface area contributed by atoms with Crippen molar-refractivity contribution in [1.29, 1.82) is 0 Å². The lowest BCUT2D eigenvalue weighted by Gasteiger charge is -2.37. The number of nitrogens with one attached hydrogen (secondary N) is 1. The fourth-order valence-corrected chi connectivity index (χ4v) is 3.20. The molecule has 7 heteroatoms. The Labute approximate surface area is 144 Å². The summed E-state index contributed by atoms with van der Waals surface area (Å²) in [7, 11) is 2.20. The van der Waals surface area contributed by atoms with Crippen molar-refractivity contribution < 1.29 is 0 Å². The van der Waals surface area contributed by atoms with Gasteiger partial charge in [0.2, 0.25) is 5.65 Å². The minimum atomic E-state index is 0.372. The first-order chi connectivity index (χ1) is 11.6. The average Bonchev–Trinajstić information content (AvgIpc) is 3.05. The second kappa shape index (κ2) is 7.44. The second-order valence-electron chi connectivity index (χ2n) is 7.02. The Morgan fingerprint density at radius 2 is 1.96 bits per heavy atom. The molecule has 0 radical (unpaired) electrons. The smallest absolute Gasteiger partial charge is 0.200 e. The van der Waals surface area contributed by atoms with E-state index in [1.165, 1.54) is 0 Å². The summed E-state index contributed by atoms with van der Waals surface area (Å²) in [5.41, 5.74) is 2.88. The summed E-state index contributed by atoms with van der Waals surface area (Å²) in [6, 6.07) is 2.66. The zero-order chi connectivity index (χ0) is 17.1. The fourth-order valence-electron chi connectivity index (χ4n) is 3.20. The number of likely N-dealkylation sites (N-methyl/N-ethyl adjacent to an activating group) is 1. The van der Waals surface area contributed by atoms with Crippen LogP contribution in [0, 0.1) is 0 Å². The molecule has 0 aromatic carbocycles. The third-order valence-corrected chi connectivity index (χ3v) is 4.93. The monoisotopic (exact) mass is 331 g/mol. The third kappa shape index (κ3) is 3.67. The maximum Gasteiger partial charge on any atom is 0.200 e. The largest absolute Gasteiger partial charge is 0.380 e. The highest BCUT2D eigenvalue weighted by Crippen LogP contribution is 2.20. The highest BCUT2D eigenvalue weighted by atomic mass is 15.4.